The van der Waals surface area contributed by atoms with E-state index in [1.54, 1.807) is 0 Å². The number of carbonyl (C=O) groups excluding carboxylic acids is 1. The van der Waals surface area contributed by atoms with Crippen LogP contribution in [0.3, 0.4) is 0 Å². The van der Waals surface area contributed by atoms with Crippen LogP contribution < -0.4 is 5.73 Å². The fraction of sp³-hybridized carbons (Fsp3) is 0.933. The Labute approximate surface area is 117 Å². The van der Waals surface area contributed by atoms with Gasteiger partial charge >= 0.3 is 0 Å². The van der Waals surface area contributed by atoms with Crippen molar-refractivity contribution in [3.8, 4) is 0 Å². The van der Waals surface area contributed by atoms with Gasteiger partial charge in [0.25, 0.3) is 0 Å². The number of likely N-dealkylation sites (N-methyl/N-ethyl adjacent to an activating group) is 1. The lowest BCUT2D eigenvalue weighted by molar-refractivity contribution is -0.132. The van der Waals surface area contributed by atoms with Crippen LogP contribution in [0.15, 0.2) is 0 Å². The van der Waals surface area contributed by atoms with E-state index in [2.05, 4.69) is 11.9 Å². The molecule has 0 atom stereocenters. The molecule has 0 radical (unpaired) electrons. The van der Waals surface area contributed by atoms with Gasteiger partial charge in [-0.25, -0.2) is 0 Å². The van der Waals surface area contributed by atoms with Gasteiger partial charge in [0.1, 0.15) is 0 Å². The topological polar surface area (TPSA) is 49.6 Å². The number of hydrogen-bond donors (Lipinski definition) is 1. The molecule has 2 rings (SSSR count). The summed E-state index contributed by atoms with van der Waals surface area (Å²) in [6, 6.07) is 0. The molecule has 1 amide bonds. The minimum absolute atomic E-state index is 0.0614. The van der Waals surface area contributed by atoms with E-state index >= 15 is 0 Å². The summed E-state index contributed by atoms with van der Waals surface area (Å²) in [4.78, 5) is 16.5. The SMILES string of the molecule is CN(CC(=O)N1CCCC1)C1(CN)CCCCCC1. The van der Waals surface area contributed by atoms with E-state index < -0.39 is 0 Å². The standard InChI is InChI=1S/C15H29N3O/c1-17(12-14(19)18-10-6-7-11-18)15(13-16)8-4-2-3-5-9-15/h2-13,16H2,1H3. The quantitative estimate of drug-likeness (QED) is 0.787. The third-order valence-corrected chi connectivity index (χ3v) is 5.06. The van der Waals surface area contributed by atoms with E-state index in [0.29, 0.717) is 13.1 Å². The minimum Gasteiger partial charge on any atom is -0.342 e. The number of hydrogen-bond acceptors (Lipinski definition) is 3. The van der Waals surface area contributed by atoms with E-state index in [9.17, 15) is 4.79 Å². The zero-order valence-electron chi connectivity index (χ0n) is 12.4. The predicted molar refractivity (Wildman–Crippen MR) is 77.9 cm³/mol. The first-order valence-corrected chi connectivity index (χ1v) is 7.87. The average Bonchev–Trinajstić information content (AvgIpc) is 2.84. The molecule has 2 fully saturated rings. The van der Waals surface area contributed by atoms with Gasteiger partial charge in [-0.2, -0.15) is 0 Å². The summed E-state index contributed by atoms with van der Waals surface area (Å²) in [5.74, 6) is 0.289. The molecule has 110 valence electrons. The maximum Gasteiger partial charge on any atom is 0.236 e. The lowest BCUT2D eigenvalue weighted by Gasteiger charge is -2.41. The van der Waals surface area contributed by atoms with E-state index in [0.717, 1.165) is 38.8 Å². The fourth-order valence-corrected chi connectivity index (χ4v) is 3.57. The summed E-state index contributed by atoms with van der Waals surface area (Å²) in [6.07, 6.45) is 9.75. The van der Waals surface area contributed by atoms with Crippen molar-refractivity contribution in [3.63, 3.8) is 0 Å². The molecule has 4 nitrogen and oxygen atoms in total. The fourth-order valence-electron chi connectivity index (χ4n) is 3.57. The Morgan fingerprint density at radius 3 is 2.21 bits per heavy atom. The Bertz CT molecular complexity index is 292. The highest BCUT2D eigenvalue weighted by Gasteiger charge is 2.35. The Morgan fingerprint density at radius 1 is 1.11 bits per heavy atom. The molecule has 0 unspecified atom stereocenters. The lowest BCUT2D eigenvalue weighted by atomic mass is 9.88. The molecule has 4 heteroatoms. The molecule has 1 aliphatic heterocycles. The molecule has 0 bridgehead atoms. The molecular formula is C15H29N3O. The number of carbonyl (C=O) groups is 1. The zero-order chi connectivity index (χ0) is 13.7. The molecule has 1 saturated carbocycles. The van der Waals surface area contributed by atoms with E-state index in [-0.39, 0.29) is 11.4 Å². The van der Waals surface area contributed by atoms with Gasteiger partial charge in [0.15, 0.2) is 0 Å². The Morgan fingerprint density at radius 2 is 1.68 bits per heavy atom. The highest BCUT2D eigenvalue weighted by atomic mass is 16.2. The first-order valence-electron chi connectivity index (χ1n) is 7.87. The highest BCUT2D eigenvalue weighted by Crippen LogP contribution is 2.31. The normalized spacial score (nSPS) is 23.6. The van der Waals surface area contributed by atoms with E-state index in [1.165, 1.54) is 25.7 Å². The molecule has 1 heterocycles. The third kappa shape index (κ3) is 3.48. The second-order valence-corrected chi connectivity index (χ2v) is 6.29. The van der Waals surface area contributed by atoms with Crippen molar-refractivity contribution in [1.29, 1.82) is 0 Å². The van der Waals surface area contributed by atoms with Crippen molar-refractivity contribution in [3.05, 3.63) is 0 Å². The second-order valence-electron chi connectivity index (χ2n) is 6.29. The summed E-state index contributed by atoms with van der Waals surface area (Å²) in [5.41, 5.74) is 6.13. The lowest BCUT2D eigenvalue weighted by Crippen LogP contribution is -2.54. The van der Waals surface area contributed by atoms with Crippen LogP contribution in [0, 0.1) is 0 Å². The van der Waals surface area contributed by atoms with Gasteiger partial charge in [-0.05, 0) is 32.7 Å². The van der Waals surface area contributed by atoms with Crippen LogP contribution in [-0.2, 0) is 4.79 Å². The van der Waals surface area contributed by atoms with Crippen LogP contribution in [0.4, 0.5) is 0 Å². The van der Waals surface area contributed by atoms with Crippen molar-refractivity contribution in [2.45, 2.75) is 56.9 Å². The number of rotatable bonds is 4. The Hall–Kier alpha value is -0.610. The molecule has 19 heavy (non-hydrogen) atoms. The summed E-state index contributed by atoms with van der Waals surface area (Å²) < 4.78 is 0. The molecule has 1 aliphatic carbocycles. The molecule has 2 N–H and O–H groups in total. The first kappa shape index (κ1) is 14.8. The van der Waals surface area contributed by atoms with Crippen molar-refractivity contribution < 1.29 is 4.79 Å². The highest BCUT2D eigenvalue weighted by molar-refractivity contribution is 5.78. The van der Waals surface area contributed by atoms with E-state index in [1.807, 2.05) is 4.90 Å². The number of nitrogens with zero attached hydrogens (tertiary/aromatic N) is 2. The van der Waals surface area contributed by atoms with Gasteiger partial charge in [0, 0.05) is 25.2 Å². The maximum absolute atomic E-state index is 12.3. The predicted octanol–water partition coefficient (Wildman–Crippen LogP) is 1.59. The molecule has 2 aliphatic rings. The molecule has 0 aromatic rings. The number of amides is 1. The van der Waals surface area contributed by atoms with Gasteiger partial charge in [0.2, 0.25) is 5.91 Å². The van der Waals surface area contributed by atoms with Crippen LogP contribution in [0.1, 0.15) is 51.4 Å². The van der Waals surface area contributed by atoms with E-state index in [4.69, 9.17) is 5.73 Å². The van der Waals surface area contributed by atoms with Gasteiger partial charge in [-0.3, -0.25) is 9.69 Å². The van der Waals surface area contributed by atoms with Gasteiger partial charge in [0.05, 0.1) is 6.54 Å². The minimum atomic E-state index is 0.0614. The van der Waals surface area contributed by atoms with Crippen LogP contribution in [0.25, 0.3) is 0 Å². The molecule has 0 spiro atoms. The van der Waals surface area contributed by atoms with Crippen molar-refractivity contribution in [1.82, 2.24) is 9.80 Å². The molecule has 1 saturated heterocycles. The van der Waals surface area contributed by atoms with Crippen LogP contribution >= 0.6 is 0 Å². The van der Waals surface area contributed by atoms with Crippen molar-refractivity contribution in [2.24, 2.45) is 5.73 Å². The Kier molecular flexibility index (Phi) is 5.22. The molecule has 0 aromatic heterocycles. The summed E-state index contributed by atoms with van der Waals surface area (Å²) >= 11 is 0. The third-order valence-electron chi connectivity index (χ3n) is 5.06. The van der Waals surface area contributed by atoms with Gasteiger partial charge in [-0.1, -0.05) is 25.7 Å². The summed E-state index contributed by atoms with van der Waals surface area (Å²) in [7, 11) is 2.09. The van der Waals surface area contributed by atoms with Gasteiger partial charge in [-0.15, -0.1) is 0 Å². The van der Waals surface area contributed by atoms with Crippen LogP contribution in [0.2, 0.25) is 0 Å². The summed E-state index contributed by atoms with van der Waals surface area (Å²) in [6.45, 7) is 3.11. The zero-order valence-corrected chi connectivity index (χ0v) is 12.4. The van der Waals surface area contributed by atoms with Crippen molar-refractivity contribution >= 4 is 5.91 Å². The number of nitrogens with two attached hydrogens (primary N) is 1. The van der Waals surface area contributed by atoms with Crippen LogP contribution in [-0.4, -0.2) is 54.5 Å². The number of likely N-dealkylation sites (tertiary alicyclic amines) is 1. The monoisotopic (exact) mass is 267 g/mol. The second kappa shape index (κ2) is 6.71. The molecular weight excluding hydrogens is 238 g/mol. The first-order chi connectivity index (χ1) is 9.18. The van der Waals surface area contributed by atoms with Gasteiger partial charge < -0.3 is 10.6 Å². The average molecular weight is 267 g/mol. The van der Waals surface area contributed by atoms with Crippen molar-refractivity contribution in [2.75, 3.05) is 33.2 Å². The van der Waals surface area contributed by atoms with Crippen LogP contribution in [0.5, 0.6) is 0 Å². The largest absolute Gasteiger partial charge is 0.342 e. The maximum atomic E-state index is 12.3. The Balaban J connectivity index is 1.95. The molecule has 0 aromatic carbocycles. The summed E-state index contributed by atoms with van der Waals surface area (Å²) in [5, 5.41) is 0. The smallest absolute Gasteiger partial charge is 0.236 e.